The number of aromatic nitrogens is 2. The zero-order chi connectivity index (χ0) is 14.7. The Balaban J connectivity index is 1.61. The summed E-state index contributed by atoms with van der Waals surface area (Å²) in [5, 5.41) is 13.9. The molecule has 112 valence electrons. The molecule has 0 saturated carbocycles. The summed E-state index contributed by atoms with van der Waals surface area (Å²) in [5.74, 6) is 1.52. The molecule has 1 N–H and O–H groups in total. The molecule has 1 fully saturated rings. The third-order valence-electron chi connectivity index (χ3n) is 3.30. The van der Waals surface area contributed by atoms with Crippen molar-refractivity contribution in [3.63, 3.8) is 0 Å². The molecule has 21 heavy (non-hydrogen) atoms. The molecule has 1 aliphatic heterocycles. The molecule has 1 aromatic carbocycles. The van der Waals surface area contributed by atoms with Gasteiger partial charge in [-0.2, -0.15) is 4.98 Å². The van der Waals surface area contributed by atoms with Crippen LogP contribution in [-0.2, 0) is 10.5 Å². The molecule has 2 aromatic rings. The minimum absolute atomic E-state index is 0.210. The third kappa shape index (κ3) is 3.85. The summed E-state index contributed by atoms with van der Waals surface area (Å²) in [5.41, 5.74) is 0. The van der Waals surface area contributed by atoms with Gasteiger partial charge in [0.15, 0.2) is 5.82 Å². The summed E-state index contributed by atoms with van der Waals surface area (Å²) in [4.78, 5) is 5.51. The Morgan fingerprint density at radius 2 is 2.14 bits per heavy atom. The lowest BCUT2D eigenvalue weighted by atomic mass is 9.99. The van der Waals surface area contributed by atoms with Crippen LogP contribution < -0.4 is 0 Å². The number of aliphatic hydroxyl groups is 1. The molecule has 3 rings (SSSR count). The van der Waals surface area contributed by atoms with Crippen LogP contribution in [0.15, 0.2) is 38.2 Å². The first-order valence-corrected chi connectivity index (χ1v) is 8.47. The molecule has 2 atom stereocenters. The summed E-state index contributed by atoms with van der Waals surface area (Å²) in [7, 11) is 0. The molecular weight excluding hydrogens is 356 g/mol. The quantitative estimate of drug-likeness (QED) is 0.834. The van der Waals surface area contributed by atoms with Crippen molar-refractivity contribution in [2.24, 2.45) is 0 Å². The fourth-order valence-electron chi connectivity index (χ4n) is 2.12. The fourth-order valence-corrected chi connectivity index (χ4v) is 3.12. The van der Waals surface area contributed by atoms with Crippen LogP contribution >= 0.6 is 27.7 Å². The predicted molar refractivity (Wildman–Crippen MR) is 82.2 cm³/mol. The van der Waals surface area contributed by atoms with E-state index in [0.717, 1.165) is 9.37 Å². The maximum atomic E-state index is 9.95. The number of hydrogen-bond donors (Lipinski definition) is 1. The Bertz CT molecular complexity index is 590. The maximum Gasteiger partial charge on any atom is 0.234 e. The van der Waals surface area contributed by atoms with E-state index in [-0.39, 0.29) is 5.92 Å². The molecule has 0 bridgehead atoms. The summed E-state index contributed by atoms with van der Waals surface area (Å²) < 4.78 is 11.7. The third-order valence-corrected chi connectivity index (χ3v) is 4.84. The van der Waals surface area contributed by atoms with Crippen LogP contribution in [0.5, 0.6) is 0 Å². The van der Waals surface area contributed by atoms with Gasteiger partial charge in [0.25, 0.3) is 0 Å². The van der Waals surface area contributed by atoms with Gasteiger partial charge in [0.05, 0.1) is 24.4 Å². The highest BCUT2D eigenvalue weighted by Gasteiger charge is 2.30. The van der Waals surface area contributed by atoms with Gasteiger partial charge in [-0.25, -0.2) is 0 Å². The van der Waals surface area contributed by atoms with Gasteiger partial charge in [0.1, 0.15) is 0 Å². The Morgan fingerprint density at radius 3 is 2.90 bits per heavy atom. The first-order valence-electron chi connectivity index (χ1n) is 6.69. The van der Waals surface area contributed by atoms with Gasteiger partial charge in [-0.05, 0) is 30.7 Å². The number of thioether (sulfide) groups is 1. The van der Waals surface area contributed by atoms with E-state index in [1.165, 1.54) is 0 Å². The van der Waals surface area contributed by atoms with Crippen LogP contribution in [0.1, 0.15) is 24.1 Å². The molecule has 0 spiro atoms. The summed E-state index contributed by atoms with van der Waals surface area (Å²) in [6, 6.07) is 8.07. The normalized spacial score (nSPS) is 22.4. The molecule has 1 saturated heterocycles. The standard InChI is InChI=1S/C14H15BrN2O3S/c15-9-1-3-10(4-2-9)21-8-13-16-14(20-17-13)11-7-19-6-5-12(11)18/h1-4,11-12,18H,5-8H2. The van der Waals surface area contributed by atoms with E-state index >= 15 is 0 Å². The van der Waals surface area contributed by atoms with Crippen molar-refractivity contribution in [1.82, 2.24) is 10.1 Å². The lowest BCUT2D eigenvalue weighted by molar-refractivity contribution is -0.0149. The molecular formula is C14H15BrN2O3S. The van der Waals surface area contributed by atoms with E-state index in [1.807, 2.05) is 24.3 Å². The van der Waals surface area contributed by atoms with Gasteiger partial charge >= 0.3 is 0 Å². The van der Waals surface area contributed by atoms with Gasteiger partial charge in [-0.15, -0.1) is 11.8 Å². The highest BCUT2D eigenvalue weighted by Crippen LogP contribution is 2.27. The molecule has 5 nitrogen and oxygen atoms in total. The average Bonchev–Trinajstić information content (AvgIpc) is 2.96. The van der Waals surface area contributed by atoms with Crippen molar-refractivity contribution >= 4 is 27.7 Å². The molecule has 0 amide bonds. The number of hydrogen-bond acceptors (Lipinski definition) is 6. The number of ether oxygens (including phenoxy) is 1. The first-order chi connectivity index (χ1) is 10.2. The second kappa shape index (κ2) is 6.91. The second-order valence-corrected chi connectivity index (χ2v) is 6.79. The van der Waals surface area contributed by atoms with Gasteiger partial charge in [-0.3, -0.25) is 0 Å². The molecule has 2 heterocycles. The van der Waals surface area contributed by atoms with Crippen molar-refractivity contribution in [3.8, 4) is 0 Å². The van der Waals surface area contributed by atoms with Crippen molar-refractivity contribution < 1.29 is 14.4 Å². The zero-order valence-corrected chi connectivity index (χ0v) is 13.6. The Morgan fingerprint density at radius 1 is 1.33 bits per heavy atom. The topological polar surface area (TPSA) is 68.4 Å². The largest absolute Gasteiger partial charge is 0.392 e. The highest BCUT2D eigenvalue weighted by atomic mass is 79.9. The zero-order valence-electron chi connectivity index (χ0n) is 11.2. The lowest BCUT2D eigenvalue weighted by Gasteiger charge is -2.24. The number of halogens is 1. The van der Waals surface area contributed by atoms with Crippen molar-refractivity contribution in [2.45, 2.75) is 29.1 Å². The summed E-state index contributed by atoms with van der Waals surface area (Å²) >= 11 is 5.05. The minimum atomic E-state index is -0.467. The van der Waals surface area contributed by atoms with Crippen molar-refractivity contribution in [1.29, 1.82) is 0 Å². The molecule has 1 aromatic heterocycles. The van der Waals surface area contributed by atoms with Crippen LogP contribution in [0.2, 0.25) is 0 Å². The van der Waals surface area contributed by atoms with Crippen LogP contribution in [0.3, 0.4) is 0 Å². The summed E-state index contributed by atoms with van der Waals surface area (Å²) in [6.45, 7) is 1.01. The smallest absolute Gasteiger partial charge is 0.234 e. The van der Waals surface area contributed by atoms with E-state index in [4.69, 9.17) is 9.26 Å². The number of nitrogens with zero attached hydrogens (tertiary/aromatic N) is 2. The Hall–Kier alpha value is -0.890. The van der Waals surface area contributed by atoms with Gasteiger partial charge in [0, 0.05) is 16.0 Å². The predicted octanol–water partition coefficient (Wildman–Crippen LogP) is 2.99. The van der Waals surface area contributed by atoms with E-state index in [9.17, 15) is 5.11 Å². The van der Waals surface area contributed by atoms with E-state index < -0.39 is 6.10 Å². The fraction of sp³-hybridized carbons (Fsp3) is 0.429. The molecule has 7 heteroatoms. The molecule has 0 radical (unpaired) electrons. The molecule has 2 unspecified atom stereocenters. The van der Waals surface area contributed by atoms with Crippen LogP contribution in [0.25, 0.3) is 0 Å². The number of aliphatic hydroxyl groups excluding tert-OH is 1. The maximum absolute atomic E-state index is 9.95. The highest BCUT2D eigenvalue weighted by molar-refractivity contribution is 9.10. The number of rotatable bonds is 4. The van der Waals surface area contributed by atoms with Crippen LogP contribution in [0.4, 0.5) is 0 Å². The average molecular weight is 371 g/mol. The summed E-state index contributed by atoms with van der Waals surface area (Å²) in [6.07, 6.45) is 0.141. The van der Waals surface area contributed by atoms with Gasteiger partial charge in [0.2, 0.25) is 5.89 Å². The van der Waals surface area contributed by atoms with Gasteiger partial charge in [-0.1, -0.05) is 21.1 Å². The van der Waals surface area contributed by atoms with Crippen molar-refractivity contribution in [3.05, 3.63) is 40.5 Å². The van der Waals surface area contributed by atoms with Crippen LogP contribution in [0, 0.1) is 0 Å². The van der Waals surface area contributed by atoms with E-state index in [2.05, 4.69) is 26.1 Å². The van der Waals surface area contributed by atoms with Gasteiger partial charge < -0.3 is 14.4 Å². The Labute approximate surface area is 135 Å². The lowest BCUT2D eigenvalue weighted by Crippen LogP contribution is -2.30. The second-order valence-electron chi connectivity index (χ2n) is 4.83. The van der Waals surface area contributed by atoms with Crippen LogP contribution in [-0.4, -0.2) is 34.6 Å². The monoisotopic (exact) mass is 370 g/mol. The SMILES string of the molecule is OC1CCOCC1c1nc(CSc2ccc(Br)cc2)no1. The minimum Gasteiger partial charge on any atom is -0.392 e. The Kier molecular flexibility index (Phi) is 4.95. The molecule has 0 aliphatic carbocycles. The van der Waals surface area contributed by atoms with Crippen molar-refractivity contribution in [2.75, 3.05) is 13.2 Å². The van der Waals surface area contributed by atoms with E-state index in [1.54, 1.807) is 11.8 Å². The molecule has 1 aliphatic rings. The van der Waals surface area contributed by atoms with E-state index in [0.29, 0.717) is 37.1 Å². The number of benzene rings is 1. The first kappa shape index (κ1) is 15.0.